The van der Waals surface area contributed by atoms with E-state index in [9.17, 15) is 8.42 Å². The van der Waals surface area contributed by atoms with E-state index in [1.54, 1.807) is 17.8 Å². The maximum absolute atomic E-state index is 12.2. The predicted molar refractivity (Wildman–Crippen MR) is 90.2 cm³/mol. The minimum atomic E-state index is -3.48. The summed E-state index contributed by atoms with van der Waals surface area (Å²) in [5.74, 6) is 0.222. The molecule has 10 heteroatoms. The largest absolute Gasteiger partial charge is 0.248 e. The maximum atomic E-state index is 12.2. The Labute approximate surface area is 142 Å². The van der Waals surface area contributed by atoms with Gasteiger partial charge in [0.25, 0.3) is 0 Å². The van der Waals surface area contributed by atoms with Gasteiger partial charge >= 0.3 is 0 Å². The summed E-state index contributed by atoms with van der Waals surface area (Å²) in [5.41, 5.74) is 3.50. The molecule has 0 aliphatic heterocycles. The number of nitrogens with zero attached hydrogens (tertiary/aromatic N) is 6. The number of fused-ring (bicyclic) bond motifs is 1. The minimum Gasteiger partial charge on any atom is -0.248 e. The third-order valence-corrected chi connectivity index (χ3v) is 5.06. The summed E-state index contributed by atoms with van der Waals surface area (Å²) in [6.45, 7) is 0. The monoisotopic (exact) mass is 355 g/mol. The van der Waals surface area contributed by atoms with Gasteiger partial charge in [0.1, 0.15) is 5.52 Å². The van der Waals surface area contributed by atoms with Gasteiger partial charge in [-0.25, -0.2) is 13.1 Å². The number of rotatable bonds is 3. The number of hydrogen-bond donors (Lipinski definition) is 1. The molecule has 0 aliphatic rings. The fourth-order valence-corrected chi connectivity index (χ4v) is 3.68. The Hall–Kier alpha value is -3.14. The van der Waals surface area contributed by atoms with Crippen LogP contribution in [-0.2, 0) is 16.9 Å². The molecule has 0 radical (unpaired) electrons. The van der Waals surface area contributed by atoms with E-state index < -0.39 is 9.84 Å². The van der Waals surface area contributed by atoms with Crippen LogP contribution in [0.5, 0.6) is 0 Å². The smallest absolute Gasteiger partial charge is 0.206 e. The highest BCUT2D eigenvalue weighted by molar-refractivity contribution is 7.90. The molecule has 4 rings (SSSR count). The average Bonchev–Trinajstić information content (AvgIpc) is 3.23. The van der Waals surface area contributed by atoms with Crippen molar-refractivity contribution >= 4 is 20.9 Å². The highest BCUT2D eigenvalue weighted by atomic mass is 32.2. The summed E-state index contributed by atoms with van der Waals surface area (Å²) in [5, 5.41) is 21.9. The van der Waals surface area contributed by atoms with Gasteiger partial charge in [0.2, 0.25) is 5.82 Å². The predicted octanol–water partition coefficient (Wildman–Crippen LogP) is 1.22. The summed E-state index contributed by atoms with van der Waals surface area (Å²) in [6, 6.07) is 10.7. The van der Waals surface area contributed by atoms with Crippen LogP contribution in [0.25, 0.3) is 33.5 Å². The molecule has 2 aromatic carbocycles. The highest BCUT2D eigenvalue weighted by Crippen LogP contribution is 2.36. The van der Waals surface area contributed by atoms with Crippen molar-refractivity contribution in [2.45, 2.75) is 4.90 Å². The lowest BCUT2D eigenvalue weighted by Gasteiger charge is -2.11. The molecule has 0 bridgehead atoms. The van der Waals surface area contributed by atoms with Crippen molar-refractivity contribution in [3.05, 3.63) is 36.4 Å². The second-order valence-corrected chi connectivity index (χ2v) is 7.59. The second kappa shape index (κ2) is 5.45. The van der Waals surface area contributed by atoms with E-state index in [1.165, 1.54) is 6.07 Å². The lowest BCUT2D eigenvalue weighted by Crippen LogP contribution is -2.02. The van der Waals surface area contributed by atoms with E-state index in [2.05, 4.69) is 30.9 Å². The molecule has 25 heavy (non-hydrogen) atoms. The van der Waals surface area contributed by atoms with Crippen molar-refractivity contribution in [3.63, 3.8) is 0 Å². The first kappa shape index (κ1) is 15.4. The van der Waals surface area contributed by atoms with Gasteiger partial charge in [-0.2, -0.15) is 5.21 Å². The Bertz CT molecular complexity index is 1180. The Balaban J connectivity index is 2.05. The number of hydrogen-bond acceptors (Lipinski definition) is 7. The summed E-state index contributed by atoms with van der Waals surface area (Å²) in [4.78, 5) is 0.148. The number of benzene rings is 2. The van der Waals surface area contributed by atoms with Gasteiger partial charge in [-0.15, -0.1) is 15.3 Å². The molecule has 0 fully saturated rings. The molecule has 0 amide bonds. The standard InChI is InChI=1S/C15H13N7O2S/c1-22-12-8-9(6-7-11(12)16-21-22)10-4-3-5-13(25(2,23)24)14(10)15-17-19-20-18-15/h3-8H,1-2H3,(H,17,18,19,20). The third-order valence-electron chi connectivity index (χ3n) is 3.92. The van der Waals surface area contributed by atoms with Gasteiger partial charge in [-0.05, 0) is 34.5 Å². The Morgan fingerprint density at radius 2 is 1.96 bits per heavy atom. The Morgan fingerprint density at radius 3 is 2.68 bits per heavy atom. The lowest BCUT2D eigenvalue weighted by atomic mass is 9.98. The molecule has 0 saturated carbocycles. The number of aromatic nitrogens is 7. The number of tetrazole rings is 1. The molecule has 0 spiro atoms. The van der Waals surface area contributed by atoms with E-state index in [0.717, 1.165) is 22.9 Å². The topological polar surface area (TPSA) is 119 Å². The van der Waals surface area contributed by atoms with E-state index in [-0.39, 0.29) is 10.7 Å². The lowest BCUT2D eigenvalue weighted by molar-refractivity contribution is 0.602. The molecule has 1 N–H and O–H groups in total. The van der Waals surface area contributed by atoms with Crippen molar-refractivity contribution in [1.29, 1.82) is 0 Å². The molecule has 126 valence electrons. The fraction of sp³-hybridized carbons (Fsp3) is 0.133. The second-order valence-electron chi connectivity index (χ2n) is 5.60. The number of aryl methyl sites for hydroxylation is 1. The normalized spacial score (nSPS) is 11.9. The van der Waals surface area contributed by atoms with Gasteiger partial charge in [0.05, 0.1) is 10.4 Å². The molecule has 2 aromatic heterocycles. The third kappa shape index (κ3) is 2.56. The van der Waals surface area contributed by atoms with Gasteiger partial charge in [0.15, 0.2) is 9.84 Å². The van der Waals surface area contributed by atoms with E-state index >= 15 is 0 Å². The van der Waals surface area contributed by atoms with Crippen LogP contribution < -0.4 is 0 Å². The van der Waals surface area contributed by atoms with Crippen LogP contribution in [0.3, 0.4) is 0 Å². The van der Waals surface area contributed by atoms with Crippen LogP contribution in [0.4, 0.5) is 0 Å². The van der Waals surface area contributed by atoms with Crippen LogP contribution >= 0.6 is 0 Å². The van der Waals surface area contributed by atoms with Crippen molar-refractivity contribution in [2.24, 2.45) is 7.05 Å². The molecule has 4 aromatic rings. The number of H-pyrrole nitrogens is 1. The fourth-order valence-electron chi connectivity index (χ4n) is 2.78. The van der Waals surface area contributed by atoms with E-state index in [1.807, 2.05) is 24.3 Å². The van der Waals surface area contributed by atoms with Crippen LogP contribution in [0.2, 0.25) is 0 Å². The first-order valence-corrected chi connectivity index (χ1v) is 9.21. The zero-order chi connectivity index (χ0) is 17.6. The van der Waals surface area contributed by atoms with Crippen molar-refractivity contribution < 1.29 is 8.42 Å². The molecule has 0 atom stereocenters. The van der Waals surface area contributed by atoms with E-state index in [4.69, 9.17) is 0 Å². The summed E-state index contributed by atoms with van der Waals surface area (Å²) in [6.07, 6.45) is 1.16. The first-order valence-electron chi connectivity index (χ1n) is 7.32. The molecular weight excluding hydrogens is 342 g/mol. The Morgan fingerprint density at radius 1 is 1.12 bits per heavy atom. The van der Waals surface area contributed by atoms with Crippen molar-refractivity contribution in [2.75, 3.05) is 6.26 Å². The summed E-state index contributed by atoms with van der Waals surface area (Å²) in [7, 11) is -1.68. The summed E-state index contributed by atoms with van der Waals surface area (Å²) < 4.78 is 26.2. The van der Waals surface area contributed by atoms with Gasteiger partial charge < -0.3 is 0 Å². The Kier molecular flexibility index (Phi) is 3.35. The highest BCUT2D eigenvalue weighted by Gasteiger charge is 2.22. The molecule has 0 aliphatic carbocycles. The number of aromatic amines is 1. The van der Waals surface area contributed by atoms with Crippen molar-refractivity contribution in [1.82, 2.24) is 35.6 Å². The molecule has 0 saturated heterocycles. The van der Waals surface area contributed by atoms with Crippen molar-refractivity contribution in [3.8, 4) is 22.5 Å². The molecule has 2 heterocycles. The van der Waals surface area contributed by atoms with Crippen LogP contribution in [0, 0.1) is 0 Å². The van der Waals surface area contributed by atoms with Gasteiger partial charge in [-0.3, -0.25) is 0 Å². The number of sulfone groups is 1. The first-order chi connectivity index (χ1) is 11.9. The van der Waals surface area contributed by atoms with Crippen LogP contribution in [0.1, 0.15) is 0 Å². The molecular formula is C15H13N7O2S. The average molecular weight is 355 g/mol. The molecule has 9 nitrogen and oxygen atoms in total. The minimum absolute atomic E-state index is 0.148. The van der Waals surface area contributed by atoms with E-state index in [0.29, 0.717) is 11.1 Å². The zero-order valence-electron chi connectivity index (χ0n) is 13.4. The zero-order valence-corrected chi connectivity index (χ0v) is 14.2. The molecule has 0 unspecified atom stereocenters. The van der Waals surface area contributed by atoms with Gasteiger partial charge in [-0.1, -0.05) is 23.4 Å². The van der Waals surface area contributed by atoms with Crippen LogP contribution in [-0.4, -0.2) is 50.3 Å². The SMILES string of the molecule is Cn1nnc2ccc(-c3cccc(S(C)(=O)=O)c3-c3nn[nH]n3)cc21. The van der Waals surface area contributed by atoms with Gasteiger partial charge in [0, 0.05) is 18.9 Å². The quantitative estimate of drug-likeness (QED) is 0.586. The number of nitrogens with one attached hydrogen (secondary N) is 1. The summed E-state index contributed by atoms with van der Waals surface area (Å²) >= 11 is 0. The maximum Gasteiger partial charge on any atom is 0.206 e. The van der Waals surface area contributed by atoms with Crippen LogP contribution in [0.15, 0.2) is 41.3 Å².